The summed E-state index contributed by atoms with van der Waals surface area (Å²) in [5.74, 6) is 0.753. The molecule has 0 saturated heterocycles. The minimum absolute atomic E-state index is 0.120. The molecule has 0 unspecified atom stereocenters. The van der Waals surface area contributed by atoms with Crippen molar-refractivity contribution in [2.45, 2.75) is 4.90 Å². The lowest BCUT2D eigenvalue weighted by atomic mass is 10.3. The van der Waals surface area contributed by atoms with Crippen molar-refractivity contribution < 1.29 is 13.2 Å². The highest BCUT2D eigenvalue weighted by molar-refractivity contribution is 7.92. The molecule has 2 rings (SSSR count). The number of methoxy groups -OCH3 is 1. The first-order valence-corrected chi connectivity index (χ1v) is 7.17. The summed E-state index contributed by atoms with van der Waals surface area (Å²) in [6.45, 7) is 0. The summed E-state index contributed by atoms with van der Waals surface area (Å²) >= 11 is 5.70. The summed E-state index contributed by atoms with van der Waals surface area (Å²) in [4.78, 5) is 3.99. The number of halogens is 1. The summed E-state index contributed by atoms with van der Waals surface area (Å²) < 4.78 is 31.5. The molecule has 1 aromatic carbocycles. The molecular weight excluding hydrogens is 288 g/mol. The van der Waals surface area contributed by atoms with Gasteiger partial charge in [-0.3, -0.25) is 4.72 Å². The Balaban J connectivity index is 2.27. The van der Waals surface area contributed by atoms with Crippen molar-refractivity contribution in [2.75, 3.05) is 11.8 Å². The lowest BCUT2D eigenvalue weighted by Crippen LogP contribution is -2.13. The SMILES string of the molecule is COc1ccc(S(=O)(=O)Nc2cccc(Cl)n2)cc1. The third-order valence-electron chi connectivity index (χ3n) is 2.32. The topological polar surface area (TPSA) is 68.3 Å². The second-order valence-electron chi connectivity index (χ2n) is 3.63. The Morgan fingerprint density at radius 2 is 1.84 bits per heavy atom. The van der Waals surface area contributed by atoms with E-state index in [4.69, 9.17) is 16.3 Å². The molecule has 0 saturated carbocycles. The monoisotopic (exact) mass is 298 g/mol. The summed E-state index contributed by atoms with van der Waals surface area (Å²) in [6, 6.07) is 10.7. The third-order valence-corrected chi connectivity index (χ3v) is 3.90. The van der Waals surface area contributed by atoms with E-state index < -0.39 is 10.0 Å². The van der Waals surface area contributed by atoms with Crippen molar-refractivity contribution in [3.63, 3.8) is 0 Å². The van der Waals surface area contributed by atoms with Gasteiger partial charge in [0.1, 0.15) is 16.7 Å². The smallest absolute Gasteiger partial charge is 0.263 e. The molecule has 0 aliphatic carbocycles. The maximum absolute atomic E-state index is 12.1. The van der Waals surface area contributed by atoms with Gasteiger partial charge in [-0.05, 0) is 36.4 Å². The van der Waals surface area contributed by atoms with Gasteiger partial charge < -0.3 is 4.74 Å². The Morgan fingerprint density at radius 1 is 1.16 bits per heavy atom. The van der Waals surface area contributed by atoms with Gasteiger partial charge in [0.05, 0.1) is 12.0 Å². The zero-order valence-electron chi connectivity index (χ0n) is 10.00. The molecule has 1 aromatic heterocycles. The Bertz CT molecular complexity index is 672. The van der Waals surface area contributed by atoms with E-state index in [1.807, 2.05) is 0 Å². The van der Waals surface area contributed by atoms with Gasteiger partial charge in [-0.1, -0.05) is 17.7 Å². The largest absolute Gasteiger partial charge is 0.497 e. The number of aromatic nitrogens is 1. The molecule has 7 heteroatoms. The molecule has 2 aromatic rings. The lowest BCUT2D eigenvalue weighted by molar-refractivity contribution is 0.414. The van der Waals surface area contributed by atoms with Crippen LogP contribution in [0.2, 0.25) is 5.15 Å². The Labute approximate surface area is 116 Å². The third kappa shape index (κ3) is 3.36. The Hall–Kier alpha value is -1.79. The number of rotatable bonds is 4. The van der Waals surface area contributed by atoms with E-state index in [1.54, 1.807) is 24.3 Å². The molecule has 1 N–H and O–H groups in total. The second-order valence-corrected chi connectivity index (χ2v) is 5.70. The minimum atomic E-state index is -3.68. The predicted molar refractivity (Wildman–Crippen MR) is 73.0 cm³/mol. The summed E-state index contributed by atoms with van der Waals surface area (Å²) in [6.07, 6.45) is 0. The first-order chi connectivity index (χ1) is 9.01. The number of sulfonamides is 1. The van der Waals surface area contributed by atoms with Crippen LogP contribution in [0.3, 0.4) is 0 Å². The Morgan fingerprint density at radius 3 is 2.42 bits per heavy atom. The molecule has 100 valence electrons. The van der Waals surface area contributed by atoms with Crippen LogP contribution < -0.4 is 9.46 Å². The van der Waals surface area contributed by atoms with Crippen molar-refractivity contribution in [3.05, 3.63) is 47.6 Å². The highest BCUT2D eigenvalue weighted by Crippen LogP contribution is 2.18. The van der Waals surface area contributed by atoms with Crippen LogP contribution in [0.5, 0.6) is 5.75 Å². The fraction of sp³-hybridized carbons (Fsp3) is 0.0833. The van der Waals surface area contributed by atoms with Gasteiger partial charge in [0, 0.05) is 0 Å². The van der Waals surface area contributed by atoms with Crippen LogP contribution in [0.15, 0.2) is 47.4 Å². The molecule has 0 radical (unpaired) electrons. The fourth-order valence-corrected chi connectivity index (χ4v) is 2.58. The number of hydrogen-bond acceptors (Lipinski definition) is 4. The summed E-state index contributed by atoms with van der Waals surface area (Å²) in [7, 11) is -2.17. The average Bonchev–Trinajstić information content (AvgIpc) is 2.38. The standard InChI is InChI=1S/C12H11ClN2O3S/c1-18-9-5-7-10(8-6-9)19(16,17)15-12-4-2-3-11(13)14-12/h2-8H,1H3,(H,14,15). The highest BCUT2D eigenvalue weighted by atomic mass is 35.5. The zero-order chi connectivity index (χ0) is 13.9. The van der Waals surface area contributed by atoms with Gasteiger partial charge in [-0.2, -0.15) is 0 Å². The zero-order valence-corrected chi connectivity index (χ0v) is 11.6. The Kier molecular flexibility index (Phi) is 3.92. The molecule has 5 nitrogen and oxygen atoms in total. The molecule has 0 aliphatic heterocycles. The van der Waals surface area contributed by atoms with Crippen molar-refractivity contribution in [1.29, 1.82) is 0 Å². The van der Waals surface area contributed by atoms with Gasteiger partial charge in [-0.15, -0.1) is 0 Å². The first-order valence-electron chi connectivity index (χ1n) is 5.31. The lowest BCUT2D eigenvalue weighted by Gasteiger charge is -2.08. The quantitative estimate of drug-likeness (QED) is 0.881. The van der Waals surface area contributed by atoms with Crippen molar-refractivity contribution in [3.8, 4) is 5.75 Å². The van der Waals surface area contributed by atoms with Crippen LogP contribution in [-0.4, -0.2) is 20.5 Å². The van der Waals surface area contributed by atoms with Crippen LogP contribution in [0, 0.1) is 0 Å². The van der Waals surface area contributed by atoms with Gasteiger partial charge in [0.15, 0.2) is 0 Å². The van der Waals surface area contributed by atoms with Crippen LogP contribution in [0.25, 0.3) is 0 Å². The molecule has 1 heterocycles. The molecule has 0 bridgehead atoms. The maximum Gasteiger partial charge on any atom is 0.263 e. The van der Waals surface area contributed by atoms with Gasteiger partial charge in [0.25, 0.3) is 10.0 Å². The molecule has 0 spiro atoms. The molecule has 19 heavy (non-hydrogen) atoms. The molecule has 0 aliphatic rings. The first kappa shape index (κ1) is 13.6. The van der Waals surface area contributed by atoms with Gasteiger partial charge in [-0.25, -0.2) is 13.4 Å². The van der Waals surface area contributed by atoms with Crippen molar-refractivity contribution in [2.24, 2.45) is 0 Å². The number of benzene rings is 1. The van der Waals surface area contributed by atoms with E-state index in [-0.39, 0.29) is 15.9 Å². The van der Waals surface area contributed by atoms with E-state index in [2.05, 4.69) is 9.71 Å². The maximum atomic E-state index is 12.1. The number of pyridine rings is 1. The summed E-state index contributed by atoms with van der Waals surface area (Å²) in [5.41, 5.74) is 0. The van der Waals surface area contributed by atoms with E-state index in [0.29, 0.717) is 5.75 Å². The minimum Gasteiger partial charge on any atom is -0.497 e. The van der Waals surface area contributed by atoms with Gasteiger partial charge in [0.2, 0.25) is 0 Å². The number of ether oxygens (including phenoxy) is 1. The normalized spacial score (nSPS) is 11.1. The molecule has 0 atom stereocenters. The number of anilines is 1. The van der Waals surface area contributed by atoms with E-state index >= 15 is 0 Å². The van der Waals surface area contributed by atoms with Crippen molar-refractivity contribution in [1.82, 2.24) is 4.98 Å². The van der Waals surface area contributed by atoms with E-state index in [9.17, 15) is 8.42 Å². The van der Waals surface area contributed by atoms with Gasteiger partial charge >= 0.3 is 0 Å². The highest BCUT2D eigenvalue weighted by Gasteiger charge is 2.14. The van der Waals surface area contributed by atoms with Crippen LogP contribution >= 0.6 is 11.6 Å². The predicted octanol–water partition coefficient (Wildman–Crippen LogP) is 2.54. The van der Waals surface area contributed by atoms with Crippen molar-refractivity contribution >= 4 is 27.4 Å². The van der Waals surface area contributed by atoms with E-state index in [0.717, 1.165) is 0 Å². The van der Waals surface area contributed by atoms with E-state index in [1.165, 1.54) is 25.3 Å². The fourth-order valence-electron chi connectivity index (χ4n) is 1.42. The number of nitrogens with one attached hydrogen (secondary N) is 1. The number of hydrogen-bond donors (Lipinski definition) is 1. The number of nitrogens with zero attached hydrogens (tertiary/aromatic N) is 1. The molecule has 0 fully saturated rings. The van der Waals surface area contributed by atoms with Crippen LogP contribution in [-0.2, 0) is 10.0 Å². The van der Waals surface area contributed by atoms with Crippen LogP contribution in [0.4, 0.5) is 5.82 Å². The average molecular weight is 299 g/mol. The second kappa shape index (κ2) is 5.46. The molecular formula is C12H11ClN2O3S. The molecule has 0 amide bonds. The summed E-state index contributed by atoms with van der Waals surface area (Å²) in [5, 5.41) is 0.218. The van der Waals surface area contributed by atoms with Crippen LogP contribution in [0.1, 0.15) is 0 Å².